The monoisotopic (exact) mass is 504 g/mol. The molecule has 2 aliphatic rings. The number of fused-ring (bicyclic) bond motifs is 1. The normalized spacial score (nSPS) is 16.2. The zero-order valence-electron chi connectivity index (χ0n) is 21.6. The molecule has 0 bridgehead atoms. The van der Waals surface area contributed by atoms with Gasteiger partial charge in [0.15, 0.2) is 5.78 Å². The number of piperazine rings is 1. The van der Waals surface area contributed by atoms with Crippen molar-refractivity contribution in [2.45, 2.75) is 51.6 Å². The number of amides is 1. The number of aromatic nitrogens is 1. The van der Waals surface area contributed by atoms with Gasteiger partial charge in [-0.05, 0) is 80.3 Å². The smallest absolute Gasteiger partial charge is 0.410 e. The number of anilines is 2. The third kappa shape index (κ3) is 5.53. The van der Waals surface area contributed by atoms with Crippen molar-refractivity contribution < 1.29 is 18.7 Å². The Morgan fingerprint density at radius 2 is 1.81 bits per heavy atom. The molecule has 0 radical (unpaired) electrons. The summed E-state index contributed by atoms with van der Waals surface area (Å²) < 4.78 is 18.9. The van der Waals surface area contributed by atoms with Crippen LogP contribution in [-0.4, -0.2) is 53.5 Å². The molecule has 3 aromatic rings. The first kappa shape index (κ1) is 25.0. The van der Waals surface area contributed by atoms with Crippen LogP contribution in [0.5, 0.6) is 0 Å². The topological polar surface area (TPSA) is 88.8 Å². The molecule has 2 N–H and O–H groups in total. The minimum Gasteiger partial charge on any atom is -0.444 e. The van der Waals surface area contributed by atoms with Crippen LogP contribution in [-0.2, 0) is 11.2 Å². The predicted molar refractivity (Wildman–Crippen MR) is 143 cm³/mol. The van der Waals surface area contributed by atoms with Crippen LogP contribution >= 0.6 is 0 Å². The highest BCUT2D eigenvalue weighted by atomic mass is 19.1. The van der Waals surface area contributed by atoms with Gasteiger partial charge in [0.2, 0.25) is 0 Å². The number of halogens is 1. The van der Waals surface area contributed by atoms with Gasteiger partial charge in [0, 0.05) is 55.6 Å². The SMILES string of the molecule is CC(C)(C)OC(=O)N1CCN(c2ccc3cc(C(=O)Cc4ccc(F)cc4N)ncc3c2C2CC2)CC1. The molecule has 5 rings (SSSR count). The van der Waals surface area contributed by atoms with Gasteiger partial charge in [0.1, 0.15) is 17.1 Å². The lowest BCUT2D eigenvalue weighted by Crippen LogP contribution is -2.50. The van der Waals surface area contributed by atoms with Crippen LogP contribution in [0.3, 0.4) is 0 Å². The molecule has 8 heteroatoms. The fourth-order valence-electron chi connectivity index (χ4n) is 4.91. The van der Waals surface area contributed by atoms with E-state index in [1.807, 2.05) is 39.1 Å². The molecule has 0 atom stereocenters. The van der Waals surface area contributed by atoms with Gasteiger partial charge in [0.05, 0.1) is 0 Å². The maximum atomic E-state index is 13.4. The summed E-state index contributed by atoms with van der Waals surface area (Å²) in [6, 6.07) is 10.1. The first-order chi connectivity index (χ1) is 17.6. The Kier molecular flexibility index (Phi) is 6.52. The fourth-order valence-corrected chi connectivity index (χ4v) is 4.91. The zero-order chi connectivity index (χ0) is 26.3. The summed E-state index contributed by atoms with van der Waals surface area (Å²) in [4.78, 5) is 34.1. The summed E-state index contributed by atoms with van der Waals surface area (Å²) in [5, 5.41) is 2.04. The van der Waals surface area contributed by atoms with Crippen LogP contribution < -0.4 is 10.6 Å². The van der Waals surface area contributed by atoms with E-state index in [-0.39, 0.29) is 24.0 Å². The molecular formula is C29H33FN4O3. The molecule has 1 saturated carbocycles. The van der Waals surface area contributed by atoms with Gasteiger partial charge in [-0.1, -0.05) is 12.1 Å². The van der Waals surface area contributed by atoms with Crippen molar-refractivity contribution >= 4 is 34.0 Å². The van der Waals surface area contributed by atoms with Gasteiger partial charge < -0.3 is 20.3 Å². The lowest BCUT2D eigenvalue weighted by atomic mass is 9.97. The van der Waals surface area contributed by atoms with Gasteiger partial charge >= 0.3 is 6.09 Å². The van der Waals surface area contributed by atoms with Crippen LogP contribution in [0.1, 0.15) is 61.1 Å². The second-order valence-electron chi connectivity index (χ2n) is 11.0. The summed E-state index contributed by atoms with van der Waals surface area (Å²) in [6.45, 7) is 8.31. The van der Waals surface area contributed by atoms with Crippen LogP contribution in [0, 0.1) is 5.82 Å². The van der Waals surface area contributed by atoms with Gasteiger partial charge in [-0.3, -0.25) is 9.78 Å². The molecule has 37 heavy (non-hydrogen) atoms. The average molecular weight is 505 g/mol. The zero-order valence-corrected chi connectivity index (χ0v) is 21.6. The number of hydrogen-bond acceptors (Lipinski definition) is 6. The number of ketones is 1. The Balaban J connectivity index is 1.36. The molecule has 2 aromatic carbocycles. The van der Waals surface area contributed by atoms with Crippen LogP contribution in [0.15, 0.2) is 42.6 Å². The Morgan fingerprint density at radius 1 is 1.08 bits per heavy atom. The molecule has 0 spiro atoms. The number of hydrogen-bond donors (Lipinski definition) is 1. The van der Waals surface area contributed by atoms with E-state index in [0.29, 0.717) is 30.3 Å². The molecule has 194 valence electrons. The van der Waals surface area contributed by atoms with E-state index >= 15 is 0 Å². The van der Waals surface area contributed by atoms with Crippen LogP contribution in [0.25, 0.3) is 10.8 Å². The first-order valence-corrected chi connectivity index (χ1v) is 12.8. The van der Waals surface area contributed by atoms with Crippen molar-refractivity contribution in [3.05, 3.63) is 65.2 Å². The standard InChI is InChI=1S/C29H33FN4O3/c1-29(2,3)37-28(36)34-12-10-33(11-13-34)25-9-7-19-14-24(32-17-22(19)27(25)18-4-5-18)26(35)15-20-6-8-21(30)16-23(20)31/h6-9,14,16-18H,4-5,10-13,15,31H2,1-3H3. The second-order valence-corrected chi connectivity index (χ2v) is 11.0. The minimum atomic E-state index is -0.509. The number of pyridine rings is 1. The Labute approximate surface area is 216 Å². The molecule has 7 nitrogen and oxygen atoms in total. The predicted octanol–water partition coefficient (Wildman–Crippen LogP) is 5.32. The highest BCUT2D eigenvalue weighted by Gasteiger charge is 2.32. The van der Waals surface area contributed by atoms with Crippen molar-refractivity contribution in [2.24, 2.45) is 0 Å². The number of ether oxygens (including phenoxy) is 1. The molecule has 1 aliphatic carbocycles. The molecular weight excluding hydrogens is 471 g/mol. The summed E-state index contributed by atoms with van der Waals surface area (Å²) in [6.07, 6.45) is 3.88. The molecule has 1 aliphatic heterocycles. The molecule has 1 saturated heterocycles. The van der Waals surface area contributed by atoms with Crippen LogP contribution in [0.4, 0.5) is 20.6 Å². The summed E-state index contributed by atoms with van der Waals surface area (Å²) in [5.74, 6) is -0.104. The maximum absolute atomic E-state index is 13.4. The maximum Gasteiger partial charge on any atom is 0.410 e. The van der Waals surface area contributed by atoms with Gasteiger partial charge in [-0.15, -0.1) is 0 Å². The fraction of sp³-hybridized carbons (Fsp3) is 0.414. The van der Waals surface area contributed by atoms with Crippen molar-refractivity contribution in [3.8, 4) is 0 Å². The summed E-state index contributed by atoms with van der Waals surface area (Å²) in [7, 11) is 0. The Hall–Kier alpha value is -3.68. The van der Waals surface area contributed by atoms with E-state index in [9.17, 15) is 14.0 Å². The lowest BCUT2D eigenvalue weighted by Gasteiger charge is -2.37. The van der Waals surface area contributed by atoms with Crippen molar-refractivity contribution in [1.29, 1.82) is 0 Å². The summed E-state index contributed by atoms with van der Waals surface area (Å²) >= 11 is 0. The summed E-state index contributed by atoms with van der Waals surface area (Å²) in [5.41, 5.74) is 9.07. The number of nitrogens with zero attached hydrogens (tertiary/aromatic N) is 3. The van der Waals surface area contributed by atoms with E-state index in [1.165, 1.54) is 23.4 Å². The largest absolute Gasteiger partial charge is 0.444 e. The molecule has 2 heterocycles. The number of nitrogens with two attached hydrogens (primary N) is 1. The van der Waals surface area contributed by atoms with Gasteiger partial charge in [-0.2, -0.15) is 0 Å². The first-order valence-electron chi connectivity index (χ1n) is 12.8. The number of rotatable bonds is 5. The molecule has 2 fully saturated rings. The highest BCUT2D eigenvalue weighted by Crippen LogP contribution is 2.47. The van der Waals surface area contributed by atoms with E-state index in [2.05, 4.69) is 16.0 Å². The Morgan fingerprint density at radius 3 is 2.46 bits per heavy atom. The molecule has 0 unspecified atom stereocenters. The third-order valence-electron chi connectivity index (χ3n) is 6.93. The van der Waals surface area contributed by atoms with E-state index in [0.717, 1.165) is 36.7 Å². The van der Waals surface area contributed by atoms with Crippen molar-refractivity contribution in [1.82, 2.24) is 9.88 Å². The number of Topliss-reactive ketones (excluding diaryl/α,β-unsaturated/α-hetero) is 1. The Bertz CT molecular complexity index is 1360. The van der Waals surface area contributed by atoms with E-state index < -0.39 is 11.4 Å². The number of nitrogen functional groups attached to an aromatic ring is 1. The molecule has 1 amide bonds. The van der Waals surface area contributed by atoms with Crippen LogP contribution in [0.2, 0.25) is 0 Å². The van der Waals surface area contributed by atoms with Crippen molar-refractivity contribution in [2.75, 3.05) is 36.8 Å². The highest BCUT2D eigenvalue weighted by molar-refractivity contribution is 6.01. The number of carbonyl (C=O) groups excluding carboxylic acids is 2. The number of carbonyl (C=O) groups is 2. The second kappa shape index (κ2) is 9.65. The average Bonchev–Trinajstić information content (AvgIpc) is 3.69. The van der Waals surface area contributed by atoms with E-state index in [4.69, 9.17) is 10.5 Å². The minimum absolute atomic E-state index is 0.0696. The molecule has 1 aromatic heterocycles. The van der Waals surface area contributed by atoms with E-state index in [1.54, 1.807) is 11.0 Å². The van der Waals surface area contributed by atoms with Gasteiger partial charge in [0.25, 0.3) is 0 Å². The third-order valence-corrected chi connectivity index (χ3v) is 6.93. The quantitative estimate of drug-likeness (QED) is 0.374. The van der Waals surface area contributed by atoms with Crippen molar-refractivity contribution in [3.63, 3.8) is 0 Å². The number of benzene rings is 2. The van der Waals surface area contributed by atoms with Gasteiger partial charge in [-0.25, -0.2) is 9.18 Å². The lowest BCUT2D eigenvalue weighted by molar-refractivity contribution is 0.0240.